The van der Waals surface area contributed by atoms with Gasteiger partial charge in [-0.05, 0) is 55.6 Å². The quantitative estimate of drug-likeness (QED) is 0.614. The Morgan fingerprint density at radius 2 is 2.05 bits per heavy atom. The van der Waals surface area contributed by atoms with Crippen LogP contribution in [0.1, 0.15) is 51.9 Å². The van der Waals surface area contributed by atoms with Crippen LogP contribution in [0.15, 0.2) is 4.47 Å². The smallest absolute Gasteiger partial charge is 0.0766 e. The van der Waals surface area contributed by atoms with Crippen LogP contribution in [0.4, 0.5) is 0 Å². The number of nitrogens with zero attached hydrogens (tertiary/aromatic N) is 2. The Balaban J connectivity index is 2.71. The number of aromatic nitrogens is 2. The third kappa shape index (κ3) is 5.72. The van der Waals surface area contributed by atoms with Gasteiger partial charge < -0.3 is 10.1 Å². The lowest BCUT2D eigenvalue weighted by Gasteiger charge is -2.18. The summed E-state index contributed by atoms with van der Waals surface area (Å²) in [5.41, 5.74) is 2.48. The number of likely N-dealkylation sites (N-methyl/N-ethyl adjacent to an activating group) is 1. The van der Waals surface area contributed by atoms with Crippen LogP contribution in [0.3, 0.4) is 0 Å². The van der Waals surface area contributed by atoms with Crippen LogP contribution >= 0.6 is 15.9 Å². The van der Waals surface area contributed by atoms with Crippen LogP contribution in [-0.4, -0.2) is 35.6 Å². The molecule has 0 bridgehead atoms. The number of ether oxygens (including phenoxy) is 1. The summed E-state index contributed by atoms with van der Waals surface area (Å²) < 4.78 is 8.78. The zero-order valence-electron chi connectivity index (χ0n) is 13.9. The van der Waals surface area contributed by atoms with Crippen molar-refractivity contribution >= 4 is 15.9 Å². The van der Waals surface area contributed by atoms with E-state index in [-0.39, 0.29) is 0 Å². The molecule has 0 fully saturated rings. The van der Waals surface area contributed by atoms with Crippen molar-refractivity contribution in [3.63, 3.8) is 0 Å². The van der Waals surface area contributed by atoms with Crippen molar-refractivity contribution in [2.45, 2.75) is 66.0 Å². The molecule has 0 radical (unpaired) electrons. The van der Waals surface area contributed by atoms with Crippen molar-refractivity contribution in [3.05, 3.63) is 15.9 Å². The van der Waals surface area contributed by atoms with Gasteiger partial charge in [-0.15, -0.1) is 0 Å². The van der Waals surface area contributed by atoms with Gasteiger partial charge in [-0.1, -0.05) is 13.8 Å². The number of halogens is 1. The summed E-state index contributed by atoms with van der Waals surface area (Å²) in [4.78, 5) is 0. The highest BCUT2D eigenvalue weighted by Crippen LogP contribution is 2.24. The van der Waals surface area contributed by atoms with E-state index in [0.29, 0.717) is 6.04 Å². The van der Waals surface area contributed by atoms with Gasteiger partial charge in [-0.3, -0.25) is 4.68 Å². The Morgan fingerprint density at radius 1 is 1.29 bits per heavy atom. The van der Waals surface area contributed by atoms with Crippen molar-refractivity contribution in [2.75, 3.05) is 19.8 Å². The van der Waals surface area contributed by atoms with Gasteiger partial charge in [-0.2, -0.15) is 5.10 Å². The highest BCUT2D eigenvalue weighted by Gasteiger charge is 2.18. The second kappa shape index (κ2) is 10.4. The molecule has 122 valence electrons. The number of hydrogen-bond acceptors (Lipinski definition) is 3. The largest absolute Gasteiger partial charge is 0.382 e. The van der Waals surface area contributed by atoms with Gasteiger partial charge in [0, 0.05) is 32.2 Å². The molecule has 0 amide bonds. The molecule has 5 heteroatoms. The highest BCUT2D eigenvalue weighted by molar-refractivity contribution is 9.10. The van der Waals surface area contributed by atoms with E-state index in [1.165, 1.54) is 10.2 Å². The van der Waals surface area contributed by atoms with Gasteiger partial charge in [-0.25, -0.2) is 0 Å². The maximum Gasteiger partial charge on any atom is 0.0766 e. The fraction of sp³-hybridized carbons (Fsp3) is 0.812. The van der Waals surface area contributed by atoms with Crippen LogP contribution in [0, 0.1) is 0 Å². The topological polar surface area (TPSA) is 39.1 Å². The molecule has 0 aliphatic rings. The number of hydrogen-bond donors (Lipinski definition) is 1. The minimum absolute atomic E-state index is 0.485. The molecular formula is C16H30BrN3O. The van der Waals surface area contributed by atoms with E-state index in [2.05, 4.69) is 51.8 Å². The van der Waals surface area contributed by atoms with E-state index in [1.54, 1.807) is 0 Å². The molecule has 1 aromatic rings. The molecule has 1 N–H and O–H groups in total. The number of aryl methyl sites for hydroxylation is 2. The summed E-state index contributed by atoms with van der Waals surface area (Å²) in [7, 11) is 0. The lowest BCUT2D eigenvalue weighted by molar-refractivity contribution is 0.140. The summed E-state index contributed by atoms with van der Waals surface area (Å²) in [6, 6.07) is 0.485. The molecule has 4 nitrogen and oxygen atoms in total. The lowest BCUT2D eigenvalue weighted by atomic mass is 10.1. The summed E-state index contributed by atoms with van der Waals surface area (Å²) in [6.45, 7) is 12.1. The first-order valence-electron chi connectivity index (χ1n) is 8.22. The number of rotatable bonds is 11. The lowest BCUT2D eigenvalue weighted by Crippen LogP contribution is -2.32. The molecule has 1 heterocycles. The molecule has 1 unspecified atom stereocenters. The number of nitrogens with one attached hydrogen (secondary N) is 1. The van der Waals surface area contributed by atoms with E-state index in [4.69, 9.17) is 4.74 Å². The summed E-state index contributed by atoms with van der Waals surface area (Å²) in [6.07, 6.45) is 4.22. The molecular weight excluding hydrogens is 330 g/mol. The van der Waals surface area contributed by atoms with E-state index in [1.807, 2.05) is 6.92 Å². The van der Waals surface area contributed by atoms with Crippen molar-refractivity contribution in [2.24, 2.45) is 0 Å². The Kier molecular flexibility index (Phi) is 9.20. The van der Waals surface area contributed by atoms with Crippen LogP contribution in [0.25, 0.3) is 0 Å². The summed E-state index contributed by atoms with van der Waals surface area (Å²) >= 11 is 3.74. The molecule has 0 aromatic carbocycles. The summed E-state index contributed by atoms with van der Waals surface area (Å²) in [5, 5.41) is 8.28. The molecule has 0 saturated carbocycles. The van der Waals surface area contributed by atoms with Crippen LogP contribution in [-0.2, 0) is 24.1 Å². The second-order valence-corrected chi connectivity index (χ2v) is 5.97. The van der Waals surface area contributed by atoms with E-state index < -0.39 is 0 Å². The van der Waals surface area contributed by atoms with E-state index in [0.717, 1.165) is 57.7 Å². The fourth-order valence-corrected chi connectivity index (χ4v) is 3.31. The molecule has 0 saturated heterocycles. The van der Waals surface area contributed by atoms with E-state index in [9.17, 15) is 0 Å². The minimum Gasteiger partial charge on any atom is -0.382 e. The van der Waals surface area contributed by atoms with Crippen molar-refractivity contribution in [1.82, 2.24) is 15.1 Å². The first-order chi connectivity index (χ1) is 10.2. The predicted molar refractivity (Wildman–Crippen MR) is 91.9 cm³/mol. The zero-order valence-corrected chi connectivity index (χ0v) is 15.5. The highest BCUT2D eigenvalue weighted by atomic mass is 79.9. The first kappa shape index (κ1) is 18.7. The normalized spacial score (nSPS) is 12.8. The molecule has 1 aromatic heterocycles. The molecule has 0 spiro atoms. The Morgan fingerprint density at radius 3 is 2.62 bits per heavy atom. The predicted octanol–water partition coefficient (Wildman–Crippen LogP) is 3.57. The Bertz CT molecular complexity index is 406. The van der Waals surface area contributed by atoms with Gasteiger partial charge in [0.15, 0.2) is 0 Å². The van der Waals surface area contributed by atoms with E-state index >= 15 is 0 Å². The fourth-order valence-electron chi connectivity index (χ4n) is 2.59. The molecule has 1 atom stereocenters. The maximum absolute atomic E-state index is 5.45. The van der Waals surface area contributed by atoms with Gasteiger partial charge in [0.2, 0.25) is 0 Å². The van der Waals surface area contributed by atoms with Crippen molar-refractivity contribution in [3.8, 4) is 0 Å². The molecule has 21 heavy (non-hydrogen) atoms. The van der Waals surface area contributed by atoms with Crippen LogP contribution in [0.2, 0.25) is 0 Å². The Labute approximate surface area is 137 Å². The molecule has 0 aliphatic carbocycles. The third-order valence-corrected chi connectivity index (χ3v) is 4.59. The molecule has 0 aliphatic heterocycles. The van der Waals surface area contributed by atoms with Crippen molar-refractivity contribution < 1.29 is 4.74 Å². The minimum atomic E-state index is 0.485. The molecule has 1 rings (SSSR count). The summed E-state index contributed by atoms with van der Waals surface area (Å²) in [5.74, 6) is 0. The SMILES string of the molecule is CCNC(CCCOCC)Cc1c(Br)c(CC)nn1CC. The third-order valence-electron chi connectivity index (χ3n) is 3.67. The first-order valence-corrected chi connectivity index (χ1v) is 9.02. The van der Waals surface area contributed by atoms with Gasteiger partial charge >= 0.3 is 0 Å². The maximum atomic E-state index is 5.45. The van der Waals surface area contributed by atoms with Crippen LogP contribution < -0.4 is 5.32 Å². The average molecular weight is 360 g/mol. The monoisotopic (exact) mass is 359 g/mol. The average Bonchev–Trinajstić information content (AvgIpc) is 2.79. The standard InChI is InChI=1S/C16H30BrN3O/c1-5-14-16(17)15(20(7-3)19-14)12-13(18-6-2)10-9-11-21-8-4/h13,18H,5-12H2,1-4H3. The van der Waals surface area contributed by atoms with Crippen LogP contribution in [0.5, 0.6) is 0 Å². The zero-order chi connectivity index (χ0) is 15.7. The van der Waals surface area contributed by atoms with Gasteiger partial charge in [0.05, 0.1) is 15.9 Å². The second-order valence-electron chi connectivity index (χ2n) is 5.17. The van der Waals surface area contributed by atoms with Crippen molar-refractivity contribution in [1.29, 1.82) is 0 Å². The van der Waals surface area contributed by atoms with Gasteiger partial charge in [0.25, 0.3) is 0 Å². The Hall–Kier alpha value is -0.390. The van der Waals surface area contributed by atoms with Gasteiger partial charge in [0.1, 0.15) is 0 Å².